The number of nitrogens with one attached hydrogen (secondary N) is 1. The van der Waals surface area contributed by atoms with Crippen LogP contribution in [0, 0.1) is 0 Å². The quantitative estimate of drug-likeness (QED) is 0.200. The summed E-state index contributed by atoms with van der Waals surface area (Å²) in [7, 11) is 1.65. The van der Waals surface area contributed by atoms with Crippen molar-refractivity contribution in [3.63, 3.8) is 0 Å². The van der Waals surface area contributed by atoms with Crippen LogP contribution in [0.25, 0.3) is 10.8 Å². The third-order valence-electron chi connectivity index (χ3n) is 5.11. The zero-order chi connectivity index (χ0) is 23.8. The second-order valence-electron chi connectivity index (χ2n) is 7.53. The Kier molecular flexibility index (Phi) is 7.78. The highest BCUT2D eigenvalue weighted by atomic mass is 32.2. The number of fused-ring (bicyclic) bond motifs is 1. The molecule has 0 aliphatic heterocycles. The Labute approximate surface area is 203 Å². The fourth-order valence-electron chi connectivity index (χ4n) is 3.34. The van der Waals surface area contributed by atoms with Crippen molar-refractivity contribution >= 4 is 34.7 Å². The third kappa shape index (κ3) is 6.14. The number of carbonyl (C=O) groups is 1. The maximum absolute atomic E-state index is 12.4. The van der Waals surface area contributed by atoms with Gasteiger partial charge in [-0.3, -0.25) is 4.79 Å². The maximum Gasteiger partial charge on any atom is 0.280 e. The fraction of sp³-hybridized carbons (Fsp3) is 0.148. The van der Waals surface area contributed by atoms with Gasteiger partial charge in [-0.05, 0) is 65.7 Å². The van der Waals surface area contributed by atoms with Gasteiger partial charge in [-0.25, -0.2) is 10.4 Å². The summed E-state index contributed by atoms with van der Waals surface area (Å²) in [6, 6.07) is 25.3. The molecule has 7 heteroatoms. The van der Waals surface area contributed by atoms with E-state index in [1.54, 1.807) is 38.2 Å². The van der Waals surface area contributed by atoms with Crippen LogP contribution in [-0.2, 0) is 10.5 Å². The van der Waals surface area contributed by atoms with E-state index in [1.807, 2.05) is 78.9 Å². The second kappa shape index (κ2) is 11.3. The number of carbonyl (C=O) groups excluding carboxylic acids is 1. The molecule has 0 spiro atoms. The third-order valence-corrected chi connectivity index (χ3v) is 6.10. The lowest BCUT2D eigenvalue weighted by atomic mass is 10.1. The summed E-state index contributed by atoms with van der Waals surface area (Å²) < 4.78 is 11.3. The molecule has 1 N–H and O–H groups in total. The number of pyridine rings is 1. The van der Waals surface area contributed by atoms with Crippen LogP contribution < -0.4 is 14.9 Å². The molecule has 0 fully saturated rings. The van der Waals surface area contributed by atoms with Crippen LogP contribution in [0.2, 0.25) is 0 Å². The first kappa shape index (κ1) is 23.3. The number of aromatic nitrogens is 1. The number of thioether (sulfide) groups is 1. The molecule has 0 aliphatic rings. The molecular formula is C27H25N3O3S. The molecule has 4 aromatic rings. The van der Waals surface area contributed by atoms with Crippen molar-refractivity contribution in [1.29, 1.82) is 0 Å². The molecule has 0 saturated carbocycles. The molecule has 1 unspecified atom stereocenters. The van der Waals surface area contributed by atoms with Gasteiger partial charge < -0.3 is 9.47 Å². The Hall–Kier alpha value is -3.84. The minimum atomic E-state index is -0.695. The second-order valence-corrected chi connectivity index (χ2v) is 8.53. The number of hydrogen-bond donors (Lipinski definition) is 1. The normalized spacial score (nSPS) is 11.9. The van der Waals surface area contributed by atoms with Crippen molar-refractivity contribution in [2.45, 2.75) is 23.8 Å². The first-order valence-corrected chi connectivity index (χ1v) is 11.8. The van der Waals surface area contributed by atoms with Crippen molar-refractivity contribution in [3.05, 3.63) is 96.2 Å². The topological polar surface area (TPSA) is 72.8 Å². The van der Waals surface area contributed by atoms with Gasteiger partial charge in [0.1, 0.15) is 11.5 Å². The summed E-state index contributed by atoms with van der Waals surface area (Å²) >= 11 is 1.62. The van der Waals surface area contributed by atoms with Gasteiger partial charge in [0.2, 0.25) is 0 Å². The predicted octanol–water partition coefficient (Wildman–Crippen LogP) is 5.45. The van der Waals surface area contributed by atoms with E-state index >= 15 is 0 Å². The Morgan fingerprint density at radius 1 is 1.06 bits per heavy atom. The van der Waals surface area contributed by atoms with Crippen LogP contribution in [0.4, 0.5) is 0 Å². The molecule has 34 heavy (non-hydrogen) atoms. The molecule has 0 bridgehead atoms. The highest BCUT2D eigenvalue weighted by Gasteiger charge is 2.14. The zero-order valence-corrected chi connectivity index (χ0v) is 19.8. The first-order chi connectivity index (χ1) is 16.6. The van der Waals surface area contributed by atoms with Crippen molar-refractivity contribution in [3.8, 4) is 11.5 Å². The van der Waals surface area contributed by atoms with Gasteiger partial charge in [-0.1, -0.05) is 36.4 Å². The monoisotopic (exact) mass is 471 g/mol. The number of hydrogen-bond acceptors (Lipinski definition) is 6. The average Bonchev–Trinajstić information content (AvgIpc) is 2.88. The van der Waals surface area contributed by atoms with Crippen LogP contribution in [0.15, 0.2) is 95.2 Å². The molecule has 0 radical (unpaired) electrons. The maximum atomic E-state index is 12.4. The number of rotatable bonds is 9. The minimum Gasteiger partial charge on any atom is -0.496 e. The van der Waals surface area contributed by atoms with E-state index in [2.05, 4.69) is 15.5 Å². The molecule has 172 valence electrons. The molecule has 0 aliphatic carbocycles. The molecule has 0 saturated heterocycles. The SMILES string of the molecule is COc1ccc(C=NNC(=O)C(C)Oc2ccc3ccccc3c2)cc1CSc1ccccn1. The Morgan fingerprint density at radius 3 is 2.68 bits per heavy atom. The number of benzene rings is 3. The average molecular weight is 472 g/mol. The number of methoxy groups -OCH3 is 1. The van der Waals surface area contributed by atoms with Crippen LogP contribution in [-0.4, -0.2) is 30.3 Å². The Balaban J connectivity index is 1.35. The van der Waals surface area contributed by atoms with E-state index in [-0.39, 0.29) is 5.91 Å². The summed E-state index contributed by atoms with van der Waals surface area (Å²) in [4.78, 5) is 16.8. The summed E-state index contributed by atoms with van der Waals surface area (Å²) in [5.41, 5.74) is 4.42. The van der Waals surface area contributed by atoms with Crippen molar-refractivity contribution in [1.82, 2.24) is 10.4 Å². The highest BCUT2D eigenvalue weighted by Crippen LogP contribution is 2.27. The predicted molar refractivity (Wildman–Crippen MR) is 137 cm³/mol. The fourth-order valence-corrected chi connectivity index (χ4v) is 4.17. The van der Waals surface area contributed by atoms with Gasteiger partial charge in [0, 0.05) is 17.5 Å². The van der Waals surface area contributed by atoms with Crippen LogP contribution >= 0.6 is 11.8 Å². The van der Waals surface area contributed by atoms with Crippen LogP contribution in [0.5, 0.6) is 11.5 Å². The van der Waals surface area contributed by atoms with E-state index < -0.39 is 6.10 Å². The smallest absolute Gasteiger partial charge is 0.280 e. The van der Waals surface area contributed by atoms with Gasteiger partial charge in [-0.2, -0.15) is 5.10 Å². The van der Waals surface area contributed by atoms with E-state index in [4.69, 9.17) is 9.47 Å². The number of nitrogens with zero attached hydrogens (tertiary/aromatic N) is 2. The molecular weight excluding hydrogens is 446 g/mol. The highest BCUT2D eigenvalue weighted by molar-refractivity contribution is 7.98. The summed E-state index contributed by atoms with van der Waals surface area (Å²) in [6.07, 6.45) is 2.69. The van der Waals surface area contributed by atoms with Gasteiger partial charge in [0.25, 0.3) is 5.91 Å². The Bertz CT molecular complexity index is 1290. The first-order valence-electron chi connectivity index (χ1n) is 10.8. The number of amides is 1. The zero-order valence-electron chi connectivity index (χ0n) is 19.0. The Morgan fingerprint density at radius 2 is 1.88 bits per heavy atom. The van der Waals surface area contributed by atoms with Crippen molar-refractivity contribution in [2.75, 3.05) is 7.11 Å². The van der Waals surface area contributed by atoms with Gasteiger partial charge in [0.05, 0.1) is 18.4 Å². The summed E-state index contributed by atoms with van der Waals surface area (Å²) in [5, 5.41) is 7.22. The minimum absolute atomic E-state index is 0.330. The molecule has 1 atom stereocenters. The summed E-state index contributed by atoms with van der Waals surface area (Å²) in [5.74, 6) is 1.80. The molecule has 4 rings (SSSR count). The van der Waals surface area contributed by atoms with Crippen molar-refractivity contribution < 1.29 is 14.3 Å². The van der Waals surface area contributed by atoms with E-state index in [0.717, 1.165) is 32.7 Å². The largest absolute Gasteiger partial charge is 0.496 e. The lowest BCUT2D eigenvalue weighted by Gasteiger charge is -2.13. The van der Waals surface area contributed by atoms with E-state index in [0.29, 0.717) is 11.5 Å². The lowest BCUT2D eigenvalue weighted by molar-refractivity contribution is -0.127. The molecule has 6 nitrogen and oxygen atoms in total. The lowest BCUT2D eigenvalue weighted by Crippen LogP contribution is -2.33. The molecule has 1 heterocycles. The standard InChI is InChI=1S/C27H25N3O3S/c1-19(33-24-12-11-21-7-3-4-8-22(21)16-24)27(31)30-29-17-20-10-13-25(32-2)23(15-20)18-34-26-9-5-6-14-28-26/h3-17,19H,18H2,1-2H3,(H,30,31). The molecule has 3 aromatic carbocycles. The summed E-state index contributed by atoms with van der Waals surface area (Å²) in [6.45, 7) is 1.69. The van der Waals surface area contributed by atoms with Crippen LogP contribution in [0.3, 0.4) is 0 Å². The van der Waals surface area contributed by atoms with E-state index in [1.165, 1.54) is 0 Å². The van der Waals surface area contributed by atoms with Gasteiger partial charge >= 0.3 is 0 Å². The van der Waals surface area contributed by atoms with Gasteiger partial charge in [-0.15, -0.1) is 11.8 Å². The molecule has 1 amide bonds. The van der Waals surface area contributed by atoms with Crippen molar-refractivity contribution in [2.24, 2.45) is 5.10 Å². The molecule has 1 aromatic heterocycles. The number of hydrazone groups is 1. The van der Waals surface area contributed by atoms with Crippen LogP contribution in [0.1, 0.15) is 18.1 Å². The number of ether oxygens (including phenoxy) is 2. The van der Waals surface area contributed by atoms with Gasteiger partial charge in [0.15, 0.2) is 6.10 Å². The van der Waals surface area contributed by atoms with E-state index in [9.17, 15) is 4.79 Å².